The number of amides is 2. The standard InChI is InChI=1S/C2H4N2O2.H2O/c5-1-3-4-2-6;/h1-2H,(H,3,5)(H,4,6);1H2. The molecule has 0 aromatic rings. The molecular weight excluding hydrogens is 100 g/mol. The SMILES string of the molecule is O.O=CNNC=O. The first-order chi connectivity index (χ1) is 2.91. The Labute approximate surface area is 40.0 Å². The minimum atomic E-state index is 0. The first kappa shape index (κ1) is 9.31. The molecule has 0 unspecified atom stereocenters. The Bertz CT molecular complexity index is 46.9. The van der Waals surface area contributed by atoms with Crippen LogP contribution in [0.25, 0.3) is 0 Å². The van der Waals surface area contributed by atoms with Crippen LogP contribution in [0.15, 0.2) is 0 Å². The Kier molecular flexibility index (Phi) is 11.8. The van der Waals surface area contributed by atoms with Crippen LogP contribution >= 0.6 is 0 Å². The summed E-state index contributed by atoms with van der Waals surface area (Å²) in [5.74, 6) is 0. The van der Waals surface area contributed by atoms with Crippen LogP contribution in [0.1, 0.15) is 0 Å². The summed E-state index contributed by atoms with van der Waals surface area (Å²) in [7, 11) is 0. The van der Waals surface area contributed by atoms with E-state index >= 15 is 0 Å². The highest BCUT2D eigenvalue weighted by Crippen LogP contribution is 1.20. The van der Waals surface area contributed by atoms with E-state index in [2.05, 4.69) is 0 Å². The Morgan fingerprint density at radius 2 is 1.29 bits per heavy atom. The molecule has 0 fully saturated rings. The molecule has 0 bridgehead atoms. The van der Waals surface area contributed by atoms with Crippen molar-refractivity contribution in [2.75, 3.05) is 0 Å². The van der Waals surface area contributed by atoms with Crippen molar-refractivity contribution in [3.63, 3.8) is 0 Å². The van der Waals surface area contributed by atoms with Gasteiger partial charge in [0.05, 0.1) is 0 Å². The molecule has 4 N–H and O–H groups in total. The zero-order chi connectivity index (χ0) is 4.83. The third-order valence-electron chi connectivity index (χ3n) is 0.201. The second-order valence-corrected chi connectivity index (χ2v) is 0.524. The maximum Gasteiger partial charge on any atom is 0.225 e. The van der Waals surface area contributed by atoms with E-state index in [1.54, 1.807) is 0 Å². The molecule has 0 aromatic heterocycles. The third kappa shape index (κ3) is 11.4. The van der Waals surface area contributed by atoms with Gasteiger partial charge in [-0.2, -0.15) is 0 Å². The molecule has 0 rings (SSSR count). The van der Waals surface area contributed by atoms with Crippen molar-refractivity contribution in [2.24, 2.45) is 0 Å². The number of hydrogen-bond acceptors (Lipinski definition) is 2. The van der Waals surface area contributed by atoms with Crippen molar-refractivity contribution in [1.29, 1.82) is 0 Å². The zero-order valence-corrected chi connectivity index (χ0v) is 3.47. The first-order valence-corrected chi connectivity index (χ1v) is 1.30. The molecule has 0 atom stereocenters. The largest absolute Gasteiger partial charge is 0.412 e. The number of nitrogens with one attached hydrogen (secondary N) is 2. The van der Waals surface area contributed by atoms with E-state index in [0.717, 1.165) is 0 Å². The summed E-state index contributed by atoms with van der Waals surface area (Å²) < 4.78 is 0. The maximum atomic E-state index is 9.23. The van der Waals surface area contributed by atoms with E-state index in [1.807, 2.05) is 10.9 Å². The van der Waals surface area contributed by atoms with Gasteiger partial charge in [0.1, 0.15) is 0 Å². The molecule has 0 heterocycles. The van der Waals surface area contributed by atoms with Gasteiger partial charge in [-0.15, -0.1) is 0 Å². The predicted molar refractivity (Wildman–Crippen MR) is 22.0 cm³/mol. The summed E-state index contributed by atoms with van der Waals surface area (Å²) in [6.45, 7) is 0. The van der Waals surface area contributed by atoms with Crippen LogP contribution in [0, 0.1) is 0 Å². The second kappa shape index (κ2) is 8.86. The number of carbonyl (C=O) groups excluding carboxylic acids is 2. The molecule has 0 aliphatic heterocycles. The fourth-order valence-electron chi connectivity index (χ4n) is 0.0680. The highest BCUT2D eigenvalue weighted by molar-refractivity contribution is 5.53. The molecule has 0 spiro atoms. The number of hydrazine groups is 1. The molecule has 5 heteroatoms. The lowest BCUT2D eigenvalue weighted by molar-refractivity contribution is -0.116. The first-order valence-electron chi connectivity index (χ1n) is 1.30. The average Bonchev–Trinajstić information content (AvgIpc) is 1.61. The summed E-state index contributed by atoms with van der Waals surface area (Å²) in [6, 6.07) is 0. The predicted octanol–water partition coefficient (Wildman–Crippen LogP) is -2.43. The van der Waals surface area contributed by atoms with Crippen LogP contribution in [0.5, 0.6) is 0 Å². The number of rotatable bonds is 3. The Hall–Kier alpha value is -1.10. The molecule has 0 saturated carbocycles. The Morgan fingerprint density at radius 1 is 1.00 bits per heavy atom. The fourth-order valence-corrected chi connectivity index (χ4v) is 0.0680. The smallest absolute Gasteiger partial charge is 0.225 e. The van der Waals surface area contributed by atoms with Crippen LogP contribution in [0.4, 0.5) is 0 Å². The van der Waals surface area contributed by atoms with Gasteiger partial charge in [-0.25, -0.2) is 0 Å². The average molecular weight is 106 g/mol. The van der Waals surface area contributed by atoms with Gasteiger partial charge in [-0.3, -0.25) is 20.4 Å². The summed E-state index contributed by atoms with van der Waals surface area (Å²) in [4.78, 5) is 18.5. The van der Waals surface area contributed by atoms with Crippen LogP contribution < -0.4 is 10.9 Å². The fraction of sp³-hybridized carbons (Fsp3) is 0. The molecular formula is C2H6N2O3. The quantitative estimate of drug-likeness (QED) is 0.238. The maximum absolute atomic E-state index is 9.23. The molecule has 0 aliphatic rings. The van der Waals surface area contributed by atoms with Crippen LogP contribution in [-0.2, 0) is 9.59 Å². The zero-order valence-electron chi connectivity index (χ0n) is 3.47. The van der Waals surface area contributed by atoms with E-state index in [4.69, 9.17) is 0 Å². The Balaban J connectivity index is 0. The van der Waals surface area contributed by atoms with Crippen LogP contribution in [0.3, 0.4) is 0 Å². The number of carbonyl (C=O) groups is 2. The Morgan fingerprint density at radius 3 is 1.43 bits per heavy atom. The van der Waals surface area contributed by atoms with Gasteiger partial charge < -0.3 is 5.48 Å². The van der Waals surface area contributed by atoms with Crippen molar-refractivity contribution in [3.05, 3.63) is 0 Å². The monoisotopic (exact) mass is 106 g/mol. The lowest BCUT2D eigenvalue weighted by atomic mass is 11.3. The van der Waals surface area contributed by atoms with Gasteiger partial charge in [0.25, 0.3) is 0 Å². The molecule has 2 amide bonds. The summed E-state index contributed by atoms with van der Waals surface area (Å²) in [5, 5.41) is 0. The van der Waals surface area contributed by atoms with E-state index in [0.29, 0.717) is 12.8 Å². The molecule has 0 saturated heterocycles. The minimum absolute atomic E-state index is 0. The van der Waals surface area contributed by atoms with Crippen molar-refractivity contribution >= 4 is 12.8 Å². The summed E-state index contributed by atoms with van der Waals surface area (Å²) >= 11 is 0. The van der Waals surface area contributed by atoms with Gasteiger partial charge in [0.15, 0.2) is 0 Å². The normalized spacial score (nSPS) is 5.14. The van der Waals surface area contributed by atoms with Gasteiger partial charge in [-0.1, -0.05) is 0 Å². The molecule has 0 aromatic carbocycles. The van der Waals surface area contributed by atoms with Gasteiger partial charge in [0, 0.05) is 0 Å². The van der Waals surface area contributed by atoms with Gasteiger partial charge in [0.2, 0.25) is 12.8 Å². The van der Waals surface area contributed by atoms with E-state index < -0.39 is 0 Å². The lowest BCUT2D eigenvalue weighted by Gasteiger charge is -1.84. The second-order valence-electron chi connectivity index (χ2n) is 0.524. The molecule has 0 radical (unpaired) electrons. The topological polar surface area (TPSA) is 89.7 Å². The number of hydrogen-bond donors (Lipinski definition) is 2. The van der Waals surface area contributed by atoms with Crippen molar-refractivity contribution < 1.29 is 15.1 Å². The molecule has 42 valence electrons. The van der Waals surface area contributed by atoms with Crippen LogP contribution in [-0.4, -0.2) is 18.3 Å². The molecule has 5 nitrogen and oxygen atoms in total. The highest BCUT2D eigenvalue weighted by Gasteiger charge is 1.62. The van der Waals surface area contributed by atoms with E-state index in [9.17, 15) is 9.59 Å². The highest BCUT2D eigenvalue weighted by atomic mass is 16.2. The molecule has 7 heavy (non-hydrogen) atoms. The molecule has 0 aliphatic carbocycles. The lowest BCUT2D eigenvalue weighted by Crippen LogP contribution is -2.28. The van der Waals surface area contributed by atoms with Gasteiger partial charge >= 0.3 is 0 Å². The summed E-state index contributed by atoms with van der Waals surface area (Å²) in [5.41, 5.74) is 3.80. The van der Waals surface area contributed by atoms with Gasteiger partial charge in [-0.05, 0) is 0 Å². The summed E-state index contributed by atoms with van der Waals surface area (Å²) in [6.07, 6.45) is 0.739. The van der Waals surface area contributed by atoms with Crippen LogP contribution in [0.2, 0.25) is 0 Å². The van der Waals surface area contributed by atoms with Crippen molar-refractivity contribution in [2.45, 2.75) is 0 Å². The van der Waals surface area contributed by atoms with E-state index in [-0.39, 0.29) is 5.48 Å². The van der Waals surface area contributed by atoms with Crippen molar-refractivity contribution in [1.82, 2.24) is 10.9 Å². The minimum Gasteiger partial charge on any atom is -0.412 e. The van der Waals surface area contributed by atoms with Crippen molar-refractivity contribution in [3.8, 4) is 0 Å². The van der Waals surface area contributed by atoms with E-state index in [1.165, 1.54) is 0 Å². The third-order valence-corrected chi connectivity index (χ3v) is 0.201.